The van der Waals surface area contributed by atoms with Crippen LogP contribution in [-0.2, 0) is 34.6 Å². The van der Waals surface area contributed by atoms with E-state index in [0.29, 0.717) is 0 Å². The summed E-state index contributed by atoms with van der Waals surface area (Å²) in [6, 6.07) is 0.0766. The fraction of sp³-hybridized carbons (Fsp3) is 0.385. The monoisotopic (exact) mass is 438 g/mol. The number of hydrogen-bond donors (Lipinski definition) is 2. The minimum Gasteiger partial charge on any atom is -0.464 e. The first-order chi connectivity index (χ1) is 12.9. The largest absolute Gasteiger partial charge is 0.464 e. The molecule has 2 N–H and O–H groups in total. The minimum absolute atomic E-state index is 0.0252. The van der Waals surface area contributed by atoms with Crippen molar-refractivity contribution in [3.63, 3.8) is 0 Å². The van der Waals surface area contributed by atoms with Gasteiger partial charge in [0.2, 0.25) is 0 Å². The van der Waals surface area contributed by atoms with Crippen LogP contribution in [0.3, 0.4) is 0 Å². The molecule has 2 aliphatic rings. The molecule has 2 heterocycles. The average molecular weight is 438 g/mol. The molecular weight excluding hydrogens is 424 g/mol. The topological polar surface area (TPSA) is 177 Å². The summed E-state index contributed by atoms with van der Waals surface area (Å²) < 4.78 is 76.3. The Kier molecular flexibility index (Phi) is 4.96. The molecule has 2 amide bonds. The number of amides is 2. The number of esters is 1. The Balaban J connectivity index is 2.19. The number of hydroxylamine groups is 2. The number of urea groups is 1. The maximum Gasteiger partial charge on any atom is 0.446 e. The standard InChI is InChI=1S/C13H14N2O11S2/c1-2-24-12(16)11-7-4-3-5-9(25-27(18,19)20)10(7)8-6-14(11)13(17)15(8)26-28(21,22)23/h3-5,8,11H,2,6H2,1H3,(H,18,19,20)(H,21,22,23). The Morgan fingerprint density at radius 2 is 1.89 bits per heavy atom. The summed E-state index contributed by atoms with van der Waals surface area (Å²) in [4.78, 5) is 26.0. The van der Waals surface area contributed by atoms with E-state index in [9.17, 15) is 26.4 Å². The fourth-order valence-electron chi connectivity index (χ4n) is 3.19. The van der Waals surface area contributed by atoms with Crippen LogP contribution in [0.25, 0.3) is 0 Å². The molecule has 28 heavy (non-hydrogen) atoms. The molecular formula is C13H14N2O11S2. The first-order valence-corrected chi connectivity index (χ1v) is 10.4. The maximum atomic E-state index is 12.6. The zero-order valence-electron chi connectivity index (χ0n) is 14.1. The van der Waals surface area contributed by atoms with Gasteiger partial charge in [0.25, 0.3) is 0 Å². The fourth-order valence-corrected chi connectivity index (χ4v) is 3.94. The summed E-state index contributed by atoms with van der Waals surface area (Å²) in [7, 11) is -10.1. The first-order valence-electron chi connectivity index (χ1n) is 7.66. The molecule has 2 aliphatic heterocycles. The van der Waals surface area contributed by atoms with Crippen LogP contribution < -0.4 is 4.18 Å². The van der Waals surface area contributed by atoms with Crippen LogP contribution in [-0.4, -0.2) is 61.1 Å². The van der Waals surface area contributed by atoms with Crippen molar-refractivity contribution in [1.82, 2.24) is 9.96 Å². The van der Waals surface area contributed by atoms with Gasteiger partial charge in [0, 0.05) is 5.56 Å². The molecule has 1 fully saturated rings. The lowest BCUT2D eigenvalue weighted by Crippen LogP contribution is -2.39. The lowest BCUT2D eigenvalue weighted by Gasteiger charge is -2.31. The summed E-state index contributed by atoms with van der Waals surface area (Å²) in [5, 5.41) is 0.268. The molecule has 2 atom stereocenters. The summed E-state index contributed by atoms with van der Waals surface area (Å²) >= 11 is 0. The van der Waals surface area contributed by atoms with Crippen molar-refractivity contribution < 1.29 is 48.7 Å². The zero-order chi connectivity index (χ0) is 20.9. The molecule has 1 saturated heterocycles. The van der Waals surface area contributed by atoms with Crippen molar-refractivity contribution in [2.45, 2.75) is 19.0 Å². The van der Waals surface area contributed by atoms with Gasteiger partial charge >= 0.3 is 32.8 Å². The van der Waals surface area contributed by atoms with Gasteiger partial charge < -0.3 is 13.8 Å². The lowest BCUT2D eigenvalue weighted by atomic mass is 9.90. The van der Waals surface area contributed by atoms with Crippen molar-refractivity contribution in [3.8, 4) is 5.75 Å². The Morgan fingerprint density at radius 3 is 2.46 bits per heavy atom. The van der Waals surface area contributed by atoms with E-state index in [1.165, 1.54) is 19.1 Å². The Morgan fingerprint density at radius 1 is 1.21 bits per heavy atom. The highest BCUT2D eigenvalue weighted by Crippen LogP contribution is 2.48. The number of hydrogen-bond acceptors (Lipinski definition) is 9. The van der Waals surface area contributed by atoms with Gasteiger partial charge in [0.15, 0.2) is 11.8 Å². The highest BCUT2D eigenvalue weighted by molar-refractivity contribution is 7.81. The SMILES string of the molecule is CCOC(=O)C1c2cccc(OS(=O)(=O)O)c2C2CN1C(=O)N2OS(=O)(=O)O. The zero-order valence-corrected chi connectivity index (χ0v) is 15.7. The quantitative estimate of drug-likeness (QED) is 0.451. The third-order valence-corrected chi connectivity index (χ3v) is 4.74. The highest BCUT2D eigenvalue weighted by atomic mass is 32.3. The van der Waals surface area contributed by atoms with Crippen LogP contribution in [0.5, 0.6) is 5.75 Å². The van der Waals surface area contributed by atoms with Gasteiger partial charge in [-0.1, -0.05) is 12.1 Å². The van der Waals surface area contributed by atoms with Gasteiger partial charge in [-0.2, -0.15) is 21.9 Å². The minimum atomic E-state index is -5.12. The Bertz CT molecular complexity index is 1040. The number of benzene rings is 1. The molecule has 13 nitrogen and oxygen atoms in total. The first kappa shape index (κ1) is 20.3. The average Bonchev–Trinajstić information content (AvgIpc) is 2.79. The summed E-state index contributed by atoms with van der Waals surface area (Å²) in [6.45, 7) is 1.20. The van der Waals surface area contributed by atoms with E-state index in [0.717, 1.165) is 11.0 Å². The molecule has 154 valence electrons. The van der Waals surface area contributed by atoms with Crippen LogP contribution in [0.4, 0.5) is 4.79 Å². The summed E-state index contributed by atoms with van der Waals surface area (Å²) in [5.74, 6) is -1.33. The Labute approximate surface area is 159 Å². The normalized spacial score (nSPS) is 21.5. The maximum absolute atomic E-state index is 12.6. The van der Waals surface area contributed by atoms with Crippen molar-refractivity contribution in [2.75, 3.05) is 13.2 Å². The van der Waals surface area contributed by atoms with Gasteiger partial charge in [-0.05, 0) is 18.6 Å². The lowest BCUT2D eigenvalue weighted by molar-refractivity contribution is -0.148. The molecule has 1 aromatic rings. The van der Waals surface area contributed by atoms with E-state index in [2.05, 4.69) is 8.47 Å². The third kappa shape index (κ3) is 3.74. The second kappa shape index (κ2) is 6.85. The number of ether oxygens (including phenoxy) is 1. The van der Waals surface area contributed by atoms with E-state index in [1.54, 1.807) is 0 Å². The van der Waals surface area contributed by atoms with Crippen molar-refractivity contribution in [3.05, 3.63) is 29.3 Å². The molecule has 15 heteroatoms. The van der Waals surface area contributed by atoms with E-state index in [1.807, 2.05) is 0 Å². The molecule has 2 bridgehead atoms. The van der Waals surface area contributed by atoms with Gasteiger partial charge in [0.05, 0.1) is 13.2 Å². The van der Waals surface area contributed by atoms with Crippen LogP contribution in [0.1, 0.15) is 30.1 Å². The van der Waals surface area contributed by atoms with Crippen LogP contribution in [0.15, 0.2) is 18.2 Å². The number of rotatable bonds is 6. The second-order valence-electron chi connectivity index (χ2n) is 5.70. The van der Waals surface area contributed by atoms with Gasteiger partial charge in [0.1, 0.15) is 6.04 Å². The molecule has 1 aromatic carbocycles. The van der Waals surface area contributed by atoms with Crippen molar-refractivity contribution in [1.29, 1.82) is 0 Å². The summed E-state index contributed by atoms with van der Waals surface area (Å²) in [5.41, 5.74) is -0.0328. The number of fused-ring (bicyclic) bond motifs is 4. The van der Waals surface area contributed by atoms with Gasteiger partial charge in [-0.25, -0.2) is 9.59 Å². The van der Waals surface area contributed by atoms with Crippen LogP contribution in [0, 0.1) is 0 Å². The summed E-state index contributed by atoms with van der Waals surface area (Å²) in [6.07, 6.45) is 0. The molecule has 0 radical (unpaired) electrons. The predicted molar refractivity (Wildman–Crippen MR) is 87.3 cm³/mol. The molecule has 0 spiro atoms. The van der Waals surface area contributed by atoms with E-state index < -0.39 is 50.6 Å². The third-order valence-electron chi connectivity index (χ3n) is 4.01. The number of carbonyl (C=O) groups excluding carboxylic acids is 2. The smallest absolute Gasteiger partial charge is 0.446 e. The van der Waals surface area contributed by atoms with Gasteiger partial charge in [-0.15, -0.1) is 4.28 Å². The van der Waals surface area contributed by atoms with Crippen molar-refractivity contribution in [2.24, 2.45) is 0 Å². The molecule has 2 unspecified atom stereocenters. The second-order valence-corrected chi connectivity index (χ2v) is 7.73. The molecule has 0 aromatic heterocycles. The van der Waals surface area contributed by atoms with Crippen LogP contribution >= 0.6 is 0 Å². The molecule has 0 saturated carbocycles. The molecule has 0 aliphatic carbocycles. The Hall–Kier alpha value is -2.46. The van der Waals surface area contributed by atoms with Gasteiger partial charge in [-0.3, -0.25) is 9.11 Å². The van der Waals surface area contributed by atoms with Crippen molar-refractivity contribution >= 4 is 32.8 Å². The van der Waals surface area contributed by atoms with E-state index >= 15 is 0 Å². The molecule has 3 rings (SSSR count). The van der Waals surface area contributed by atoms with Crippen LogP contribution in [0.2, 0.25) is 0 Å². The number of nitrogens with zero attached hydrogens (tertiary/aromatic N) is 2. The highest BCUT2D eigenvalue weighted by Gasteiger charge is 2.54. The predicted octanol–water partition coefficient (Wildman–Crippen LogP) is -0.000900. The number of carbonyl (C=O) groups is 2. The van der Waals surface area contributed by atoms with E-state index in [4.69, 9.17) is 13.8 Å². The van der Waals surface area contributed by atoms with E-state index in [-0.39, 0.29) is 29.3 Å².